The number of carbonyl (C=O) groups is 2. The van der Waals surface area contributed by atoms with Crippen molar-refractivity contribution < 1.29 is 14.3 Å². The van der Waals surface area contributed by atoms with Crippen LogP contribution in [-0.2, 0) is 7.05 Å². The van der Waals surface area contributed by atoms with Gasteiger partial charge in [-0.3, -0.25) is 9.59 Å². The van der Waals surface area contributed by atoms with E-state index in [4.69, 9.17) is 4.74 Å². The third kappa shape index (κ3) is 3.99. The van der Waals surface area contributed by atoms with E-state index >= 15 is 0 Å². The molecular formula is C21H27N3O3. The molecule has 3 rings (SSSR count). The Morgan fingerprint density at radius 1 is 0.963 bits per heavy atom. The summed E-state index contributed by atoms with van der Waals surface area (Å²) in [5, 5.41) is 0. The topological polar surface area (TPSA) is 54.8 Å². The van der Waals surface area contributed by atoms with E-state index in [9.17, 15) is 9.59 Å². The molecule has 1 aliphatic rings. The highest BCUT2D eigenvalue weighted by Crippen LogP contribution is 2.28. The van der Waals surface area contributed by atoms with Gasteiger partial charge < -0.3 is 19.1 Å². The molecule has 1 saturated heterocycles. The summed E-state index contributed by atoms with van der Waals surface area (Å²) in [5.41, 5.74) is 2.39. The third-order valence-corrected chi connectivity index (χ3v) is 5.03. The van der Waals surface area contributed by atoms with Crippen molar-refractivity contribution in [3.63, 3.8) is 0 Å². The van der Waals surface area contributed by atoms with Crippen LogP contribution in [0.25, 0.3) is 0 Å². The zero-order valence-electron chi connectivity index (χ0n) is 16.4. The molecule has 1 aromatic carbocycles. The van der Waals surface area contributed by atoms with Crippen LogP contribution in [-0.4, -0.2) is 59.5 Å². The second kappa shape index (κ2) is 7.86. The lowest BCUT2D eigenvalue weighted by Gasteiger charge is -2.34. The molecule has 0 radical (unpaired) electrons. The van der Waals surface area contributed by atoms with Crippen molar-refractivity contribution >= 4 is 11.8 Å². The summed E-state index contributed by atoms with van der Waals surface area (Å²) in [7, 11) is 3.54. The molecule has 0 atom stereocenters. The van der Waals surface area contributed by atoms with Crippen molar-refractivity contribution in [2.45, 2.75) is 19.8 Å². The molecule has 0 spiro atoms. The largest absolute Gasteiger partial charge is 0.496 e. The second-order valence-corrected chi connectivity index (χ2v) is 7.26. The van der Waals surface area contributed by atoms with E-state index in [1.807, 2.05) is 58.1 Å². The summed E-state index contributed by atoms with van der Waals surface area (Å²) >= 11 is 0. The summed E-state index contributed by atoms with van der Waals surface area (Å²) in [5.74, 6) is 1.11. The van der Waals surface area contributed by atoms with Crippen molar-refractivity contribution in [2.75, 3.05) is 33.3 Å². The van der Waals surface area contributed by atoms with E-state index in [0.717, 1.165) is 11.3 Å². The lowest BCUT2D eigenvalue weighted by atomic mass is 9.99. The first-order chi connectivity index (χ1) is 12.9. The monoisotopic (exact) mass is 369 g/mol. The summed E-state index contributed by atoms with van der Waals surface area (Å²) in [6.45, 7) is 6.35. The highest BCUT2D eigenvalue weighted by molar-refractivity contribution is 5.96. The molecule has 2 heterocycles. The number of aryl methyl sites for hydroxylation is 1. The fourth-order valence-corrected chi connectivity index (χ4v) is 3.43. The molecule has 27 heavy (non-hydrogen) atoms. The van der Waals surface area contributed by atoms with Gasteiger partial charge in [-0.15, -0.1) is 0 Å². The minimum absolute atomic E-state index is 0.00589. The fraction of sp³-hybridized carbons (Fsp3) is 0.429. The van der Waals surface area contributed by atoms with Gasteiger partial charge in [0.05, 0.1) is 12.7 Å². The maximum atomic E-state index is 12.9. The number of piperazine rings is 1. The van der Waals surface area contributed by atoms with Gasteiger partial charge in [0.15, 0.2) is 0 Å². The molecule has 0 N–H and O–H groups in total. The predicted molar refractivity (Wildman–Crippen MR) is 104 cm³/mol. The Hall–Kier alpha value is -2.76. The van der Waals surface area contributed by atoms with E-state index in [2.05, 4.69) is 13.8 Å². The first kappa shape index (κ1) is 19.0. The number of nitrogens with zero attached hydrogens (tertiary/aromatic N) is 3. The van der Waals surface area contributed by atoms with E-state index in [0.29, 0.717) is 37.3 Å². The van der Waals surface area contributed by atoms with Crippen molar-refractivity contribution in [2.24, 2.45) is 7.05 Å². The van der Waals surface area contributed by atoms with Crippen LogP contribution in [0.1, 0.15) is 46.0 Å². The number of aromatic nitrogens is 1. The molecule has 2 amide bonds. The minimum Gasteiger partial charge on any atom is -0.496 e. The predicted octanol–water partition coefficient (Wildman–Crippen LogP) is 2.76. The molecule has 2 aromatic rings. The number of rotatable bonds is 4. The number of methoxy groups -OCH3 is 1. The van der Waals surface area contributed by atoms with Gasteiger partial charge in [-0.25, -0.2) is 0 Å². The zero-order valence-corrected chi connectivity index (χ0v) is 16.4. The molecule has 0 bridgehead atoms. The molecule has 6 nitrogen and oxygen atoms in total. The number of hydrogen-bond donors (Lipinski definition) is 0. The fourth-order valence-electron chi connectivity index (χ4n) is 3.43. The summed E-state index contributed by atoms with van der Waals surface area (Å²) in [4.78, 5) is 29.1. The van der Waals surface area contributed by atoms with Crippen LogP contribution in [0.15, 0.2) is 36.7 Å². The number of ether oxygens (including phenoxy) is 1. The van der Waals surface area contributed by atoms with Gasteiger partial charge in [-0.2, -0.15) is 0 Å². The van der Waals surface area contributed by atoms with Crippen LogP contribution in [0.4, 0.5) is 0 Å². The molecular weight excluding hydrogens is 342 g/mol. The van der Waals surface area contributed by atoms with Crippen molar-refractivity contribution in [1.29, 1.82) is 0 Å². The Bertz CT molecular complexity index is 833. The van der Waals surface area contributed by atoms with Gasteiger partial charge in [0, 0.05) is 51.2 Å². The molecule has 0 unspecified atom stereocenters. The smallest absolute Gasteiger partial charge is 0.255 e. The molecule has 1 fully saturated rings. The first-order valence-corrected chi connectivity index (χ1v) is 9.29. The Labute approximate surface area is 160 Å². The second-order valence-electron chi connectivity index (χ2n) is 7.26. The molecule has 6 heteroatoms. The maximum absolute atomic E-state index is 12.9. The lowest BCUT2D eigenvalue weighted by molar-refractivity contribution is 0.0535. The lowest BCUT2D eigenvalue weighted by Crippen LogP contribution is -2.50. The molecule has 0 saturated carbocycles. The van der Waals surface area contributed by atoms with E-state index in [1.54, 1.807) is 7.11 Å². The highest BCUT2D eigenvalue weighted by atomic mass is 16.5. The molecule has 1 aliphatic heterocycles. The maximum Gasteiger partial charge on any atom is 0.255 e. The Morgan fingerprint density at radius 3 is 2.04 bits per heavy atom. The van der Waals surface area contributed by atoms with Crippen LogP contribution in [0.3, 0.4) is 0 Å². The normalized spacial score (nSPS) is 14.6. The highest BCUT2D eigenvalue weighted by Gasteiger charge is 2.26. The van der Waals surface area contributed by atoms with Gasteiger partial charge >= 0.3 is 0 Å². The van der Waals surface area contributed by atoms with Crippen molar-refractivity contribution in [1.82, 2.24) is 14.4 Å². The summed E-state index contributed by atoms with van der Waals surface area (Å²) < 4.78 is 7.26. The van der Waals surface area contributed by atoms with Crippen LogP contribution >= 0.6 is 0 Å². The number of hydrogen-bond acceptors (Lipinski definition) is 3. The number of amides is 2. The average molecular weight is 369 g/mol. The van der Waals surface area contributed by atoms with Gasteiger partial charge in [0.2, 0.25) is 0 Å². The van der Waals surface area contributed by atoms with Gasteiger partial charge in [-0.1, -0.05) is 13.8 Å². The molecule has 1 aromatic heterocycles. The van der Waals surface area contributed by atoms with Crippen molar-refractivity contribution in [3.05, 3.63) is 53.3 Å². The first-order valence-electron chi connectivity index (χ1n) is 9.29. The van der Waals surface area contributed by atoms with Crippen LogP contribution in [0, 0.1) is 0 Å². The van der Waals surface area contributed by atoms with Gasteiger partial charge in [-0.05, 0) is 35.7 Å². The molecule has 0 aliphatic carbocycles. The Balaban J connectivity index is 1.66. The molecule has 144 valence electrons. The van der Waals surface area contributed by atoms with Crippen LogP contribution < -0.4 is 4.74 Å². The third-order valence-electron chi connectivity index (χ3n) is 5.03. The van der Waals surface area contributed by atoms with E-state index in [-0.39, 0.29) is 17.7 Å². The summed E-state index contributed by atoms with van der Waals surface area (Å²) in [6, 6.07) is 7.42. The van der Waals surface area contributed by atoms with Gasteiger partial charge in [0.25, 0.3) is 11.8 Å². The SMILES string of the molecule is COc1ccc(C(=O)N2CCN(C(=O)c3ccn(C)c3)CC2)cc1C(C)C. The van der Waals surface area contributed by atoms with E-state index in [1.165, 1.54) is 0 Å². The zero-order chi connectivity index (χ0) is 19.6. The summed E-state index contributed by atoms with van der Waals surface area (Å²) in [6.07, 6.45) is 3.69. The van der Waals surface area contributed by atoms with Crippen LogP contribution in [0.2, 0.25) is 0 Å². The Kier molecular flexibility index (Phi) is 5.54. The minimum atomic E-state index is 0.00589. The van der Waals surface area contributed by atoms with Gasteiger partial charge in [0.1, 0.15) is 5.75 Å². The number of carbonyl (C=O) groups excluding carboxylic acids is 2. The van der Waals surface area contributed by atoms with E-state index < -0.39 is 0 Å². The number of benzene rings is 1. The van der Waals surface area contributed by atoms with Crippen LogP contribution in [0.5, 0.6) is 5.75 Å². The standard InChI is InChI=1S/C21H27N3O3/c1-15(2)18-13-16(5-6-19(18)27-4)20(25)23-9-11-24(12-10-23)21(26)17-7-8-22(3)14-17/h5-8,13-15H,9-12H2,1-4H3. The average Bonchev–Trinajstić information content (AvgIpc) is 3.12. The Morgan fingerprint density at radius 2 is 1.56 bits per heavy atom. The van der Waals surface area contributed by atoms with Crippen molar-refractivity contribution in [3.8, 4) is 5.75 Å². The quantitative estimate of drug-likeness (QED) is 0.833.